The van der Waals surface area contributed by atoms with Gasteiger partial charge < -0.3 is 14.5 Å². The number of carbonyl (C=O) groups excluding carboxylic acids is 1. The van der Waals surface area contributed by atoms with Crippen LogP contribution in [0.2, 0.25) is 0 Å². The highest BCUT2D eigenvalue weighted by Crippen LogP contribution is 2.30. The summed E-state index contributed by atoms with van der Waals surface area (Å²) in [4.78, 5) is 17.0. The van der Waals surface area contributed by atoms with Crippen LogP contribution in [0.25, 0.3) is 0 Å². The lowest BCUT2D eigenvalue weighted by molar-refractivity contribution is -0.129. The van der Waals surface area contributed by atoms with Crippen molar-refractivity contribution in [1.29, 1.82) is 0 Å². The Hall–Kier alpha value is -2.74. The molecule has 168 valence electrons. The molecule has 0 unspecified atom stereocenters. The third kappa shape index (κ3) is 5.31. The van der Waals surface area contributed by atoms with Crippen molar-refractivity contribution in [2.75, 3.05) is 54.8 Å². The lowest BCUT2D eigenvalue weighted by Gasteiger charge is -2.38. The van der Waals surface area contributed by atoms with Crippen LogP contribution in [0.5, 0.6) is 5.75 Å². The molecule has 0 bridgehead atoms. The van der Waals surface area contributed by atoms with Crippen LogP contribution in [0.3, 0.4) is 0 Å². The van der Waals surface area contributed by atoms with Gasteiger partial charge in [-0.05, 0) is 50.1 Å². The first-order valence-electron chi connectivity index (χ1n) is 10.5. The zero-order valence-electron chi connectivity index (χ0n) is 18.7. The van der Waals surface area contributed by atoms with Crippen LogP contribution in [0.15, 0.2) is 42.5 Å². The lowest BCUT2D eigenvalue weighted by atomic mass is 10.1. The van der Waals surface area contributed by atoms with Crippen molar-refractivity contribution < 1.29 is 17.9 Å². The van der Waals surface area contributed by atoms with Gasteiger partial charge in [0.2, 0.25) is 15.9 Å². The highest BCUT2D eigenvalue weighted by molar-refractivity contribution is 7.92. The Labute approximate surface area is 185 Å². The molecule has 0 aliphatic carbocycles. The number of sulfonamides is 1. The molecular weight excluding hydrogens is 414 g/mol. The largest absolute Gasteiger partial charge is 0.492 e. The summed E-state index contributed by atoms with van der Waals surface area (Å²) < 4.78 is 31.7. The zero-order chi connectivity index (χ0) is 22.6. The molecule has 3 rings (SSSR count). The van der Waals surface area contributed by atoms with Gasteiger partial charge in [0.1, 0.15) is 12.3 Å². The number of anilines is 2. The molecule has 31 heavy (non-hydrogen) atoms. The van der Waals surface area contributed by atoms with Crippen molar-refractivity contribution in [3.63, 3.8) is 0 Å². The summed E-state index contributed by atoms with van der Waals surface area (Å²) in [6.45, 7) is 8.74. The molecular formula is C23H31N3O4S. The molecule has 2 aromatic rings. The van der Waals surface area contributed by atoms with Crippen molar-refractivity contribution in [1.82, 2.24) is 4.90 Å². The minimum Gasteiger partial charge on any atom is -0.492 e. The Morgan fingerprint density at radius 1 is 1.03 bits per heavy atom. The second-order valence-electron chi connectivity index (χ2n) is 7.76. The highest BCUT2D eigenvalue weighted by atomic mass is 32.2. The van der Waals surface area contributed by atoms with E-state index in [-0.39, 0.29) is 12.5 Å². The van der Waals surface area contributed by atoms with Crippen molar-refractivity contribution in [3.05, 3.63) is 53.6 Å². The molecule has 0 radical (unpaired) electrons. The van der Waals surface area contributed by atoms with Gasteiger partial charge in [-0.15, -0.1) is 0 Å². The molecule has 7 nitrogen and oxygen atoms in total. The molecule has 1 aliphatic rings. The van der Waals surface area contributed by atoms with E-state index in [1.807, 2.05) is 6.92 Å². The summed E-state index contributed by atoms with van der Waals surface area (Å²) in [6.07, 6.45) is 1.11. The van der Waals surface area contributed by atoms with Gasteiger partial charge in [0.15, 0.2) is 0 Å². The Balaban J connectivity index is 1.72. The quantitative estimate of drug-likeness (QED) is 0.656. The molecule has 0 N–H and O–H groups in total. The Bertz CT molecular complexity index is 1030. The molecule has 0 saturated carbocycles. The van der Waals surface area contributed by atoms with Gasteiger partial charge in [-0.2, -0.15) is 0 Å². The van der Waals surface area contributed by atoms with Gasteiger partial charge in [-0.25, -0.2) is 8.42 Å². The second-order valence-corrected chi connectivity index (χ2v) is 9.66. The van der Waals surface area contributed by atoms with E-state index in [2.05, 4.69) is 36.9 Å². The third-order valence-corrected chi connectivity index (χ3v) is 6.79. The van der Waals surface area contributed by atoms with E-state index in [9.17, 15) is 13.2 Å². The molecule has 0 aromatic heterocycles. The number of aryl methyl sites for hydroxylation is 1. The first-order chi connectivity index (χ1) is 14.7. The summed E-state index contributed by atoms with van der Waals surface area (Å²) in [5.41, 5.74) is 4.07. The summed E-state index contributed by atoms with van der Waals surface area (Å²) in [7, 11) is -3.66. The SMILES string of the molecule is CCOc1ccccc1N(CC(=O)N1CCN(c2cccc(C)c2C)CC1)S(C)(=O)=O. The van der Waals surface area contributed by atoms with Gasteiger partial charge >= 0.3 is 0 Å². The fourth-order valence-corrected chi connectivity index (χ4v) is 4.67. The van der Waals surface area contributed by atoms with Gasteiger partial charge in [-0.3, -0.25) is 9.10 Å². The zero-order valence-corrected chi connectivity index (χ0v) is 19.5. The average molecular weight is 446 g/mol. The minimum atomic E-state index is -3.66. The van der Waals surface area contributed by atoms with E-state index in [4.69, 9.17) is 4.74 Å². The predicted molar refractivity (Wildman–Crippen MR) is 125 cm³/mol. The summed E-state index contributed by atoms with van der Waals surface area (Å²) in [6, 6.07) is 13.2. The number of benzene rings is 2. The maximum absolute atomic E-state index is 13.0. The van der Waals surface area contributed by atoms with Gasteiger partial charge in [-0.1, -0.05) is 24.3 Å². The molecule has 0 spiro atoms. The van der Waals surface area contributed by atoms with Crippen molar-refractivity contribution >= 4 is 27.3 Å². The smallest absolute Gasteiger partial charge is 0.243 e. The molecule has 8 heteroatoms. The predicted octanol–water partition coefficient (Wildman–Crippen LogP) is 2.82. The van der Waals surface area contributed by atoms with E-state index < -0.39 is 10.0 Å². The Morgan fingerprint density at radius 2 is 1.71 bits per heavy atom. The highest BCUT2D eigenvalue weighted by Gasteiger charge is 2.28. The number of amides is 1. The average Bonchev–Trinajstić information content (AvgIpc) is 2.74. The Morgan fingerprint density at radius 3 is 2.35 bits per heavy atom. The maximum Gasteiger partial charge on any atom is 0.243 e. The Kier molecular flexibility index (Phi) is 7.10. The van der Waals surface area contributed by atoms with Gasteiger partial charge in [0.25, 0.3) is 0 Å². The number of piperazine rings is 1. The maximum atomic E-state index is 13.0. The van der Waals surface area contributed by atoms with E-state index in [0.717, 1.165) is 10.6 Å². The number of para-hydroxylation sites is 2. The summed E-state index contributed by atoms with van der Waals surface area (Å²) in [5, 5.41) is 0. The van der Waals surface area contributed by atoms with Crippen molar-refractivity contribution in [3.8, 4) is 5.75 Å². The molecule has 1 amide bonds. The standard InChI is InChI=1S/C23H31N3O4S/c1-5-30-22-12-7-6-10-21(22)26(31(4,28)29)17-23(27)25-15-13-24(14-16-25)20-11-8-9-18(2)19(20)3/h6-12H,5,13-17H2,1-4H3. The van der Waals surface area contributed by atoms with Crippen LogP contribution < -0.4 is 13.9 Å². The van der Waals surface area contributed by atoms with Crippen LogP contribution in [0.1, 0.15) is 18.1 Å². The molecule has 1 aliphatic heterocycles. The van der Waals surface area contributed by atoms with Crippen LogP contribution in [-0.4, -0.2) is 64.8 Å². The number of hydrogen-bond acceptors (Lipinski definition) is 5. The molecule has 0 atom stereocenters. The topological polar surface area (TPSA) is 70.2 Å². The van der Waals surface area contributed by atoms with E-state index >= 15 is 0 Å². The summed E-state index contributed by atoms with van der Waals surface area (Å²) in [5.74, 6) is 0.236. The minimum absolute atomic E-state index is 0.211. The van der Waals surface area contributed by atoms with Crippen LogP contribution in [0, 0.1) is 13.8 Å². The molecule has 2 aromatic carbocycles. The van der Waals surface area contributed by atoms with E-state index in [0.29, 0.717) is 44.2 Å². The lowest BCUT2D eigenvalue weighted by Crippen LogP contribution is -2.52. The second kappa shape index (κ2) is 9.60. The first kappa shape index (κ1) is 22.9. The van der Waals surface area contributed by atoms with Crippen molar-refractivity contribution in [2.24, 2.45) is 0 Å². The fourth-order valence-electron chi connectivity index (χ4n) is 3.82. The monoisotopic (exact) mass is 445 g/mol. The molecule has 1 heterocycles. The number of rotatable bonds is 7. The number of carbonyl (C=O) groups is 1. The normalized spacial score (nSPS) is 14.5. The molecule has 1 saturated heterocycles. The number of nitrogens with zero attached hydrogens (tertiary/aromatic N) is 3. The third-order valence-electron chi connectivity index (χ3n) is 5.66. The van der Waals surface area contributed by atoms with Crippen LogP contribution >= 0.6 is 0 Å². The fraction of sp³-hybridized carbons (Fsp3) is 0.435. The van der Waals surface area contributed by atoms with Gasteiger partial charge in [0.05, 0.1) is 18.6 Å². The van der Waals surface area contributed by atoms with E-state index in [1.54, 1.807) is 29.2 Å². The first-order valence-corrected chi connectivity index (χ1v) is 12.4. The van der Waals surface area contributed by atoms with Crippen molar-refractivity contribution in [2.45, 2.75) is 20.8 Å². The van der Waals surface area contributed by atoms with Gasteiger partial charge in [0, 0.05) is 31.9 Å². The van der Waals surface area contributed by atoms with Crippen LogP contribution in [-0.2, 0) is 14.8 Å². The van der Waals surface area contributed by atoms with E-state index in [1.165, 1.54) is 16.8 Å². The number of hydrogen-bond donors (Lipinski definition) is 0. The number of ether oxygens (including phenoxy) is 1. The van der Waals surface area contributed by atoms with Crippen LogP contribution in [0.4, 0.5) is 11.4 Å². The summed E-state index contributed by atoms with van der Waals surface area (Å²) >= 11 is 0. The molecule has 1 fully saturated rings.